The molecule has 1 aliphatic heterocycles. The van der Waals surface area contributed by atoms with Crippen LogP contribution >= 0.6 is 11.8 Å². The minimum absolute atomic E-state index is 0.0565. The number of anilines is 1. The molecule has 1 heterocycles. The van der Waals surface area contributed by atoms with Gasteiger partial charge in [-0.15, -0.1) is 11.8 Å². The fourth-order valence-corrected chi connectivity index (χ4v) is 3.06. The molecular weight excluding hydrogens is 234 g/mol. The van der Waals surface area contributed by atoms with Gasteiger partial charge in [-0.05, 0) is 39.0 Å². The first-order valence-electron chi connectivity index (χ1n) is 5.67. The fourth-order valence-electron chi connectivity index (χ4n) is 1.96. The van der Waals surface area contributed by atoms with Gasteiger partial charge in [0.05, 0.1) is 10.9 Å². The molecule has 0 spiro atoms. The summed E-state index contributed by atoms with van der Waals surface area (Å²) >= 11 is 1.53. The SMILES string of the molecule is CCN1C(=O)C(C)Sc2cc(C(C)=O)ccc21. The van der Waals surface area contributed by atoms with Gasteiger partial charge in [-0.1, -0.05) is 0 Å². The van der Waals surface area contributed by atoms with Gasteiger partial charge in [0.25, 0.3) is 0 Å². The van der Waals surface area contributed by atoms with E-state index >= 15 is 0 Å². The third-order valence-corrected chi connectivity index (χ3v) is 4.03. The summed E-state index contributed by atoms with van der Waals surface area (Å²) in [6.07, 6.45) is 0. The Hall–Kier alpha value is -1.29. The zero-order chi connectivity index (χ0) is 12.6. The highest BCUT2D eigenvalue weighted by Crippen LogP contribution is 2.39. The lowest BCUT2D eigenvalue weighted by Crippen LogP contribution is -2.39. The Bertz CT molecular complexity index is 484. The predicted octanol–water partition coefficient (Wildman–Crippen LogP) is 2.74. The molecule has 0 bridgehead atoms. The molecular formula is C13H15NO2S. The van der Waals surface area contributed by atoms with Crippen molar-refractivity contribution in [1.29, 1.82) is 0 Å². The van der Waals surface area contributed by atoms with Crippen molar-refractivity contribution in [2.75, 3.05) is 11.4 Å². The molecule has 0 saturated heterocycles. The highest BCUT2D eigenvalue weighted by atomic mass is 32.2. The van der Waals surface area contributed by atoms with Gasteiger partial charge in [0.1, 0.15) is 0 Å². The quantitative estimate of drug-likeness (QED) is 0.756. The van der Waals surface area contributed by atoms with Crippen LogP contribution in [0.15, 0.2) is 23.1 Å². The third kappa shape index (κ3) is 2.09. The molecule has 17 heavy (non-hydrogen) atoms. The average molecular weight is 249 g/mol. The summed E-state index contributed by atoms with van der Waals surface area (Å²) in [4.78, 5) is 26.1. The van der Waals surface area contributed by atoms with E-state index in [1.165, 1.54) is 11.8 Å². The van der Waals surface area contributed by atoms with Gasteiger partial charge in [-0.2, -0.15) is 0 Å². The average Bonchev–Trinajstić information content (AvgIpc) is 2.30. The third-order valence-electron chi connectivity index (χ3n) is 2.89. The second kappa shape index (κ2) is 4.53. The number of hydrogen-bond acceptors (Lipinski definition) is 3. The molecule has 1 aliphatic rings. The molecule has 1 amide bonds. The van der Waals surface area contributed by atoms with Gasteiger partial charge in [-0.25, -0.2) is 0 Å². The lowest BCUT2D eigenvalue weighted by atomic mass is 10.1. The number of carbonyl (C=O) groups is 2. The summed E-state index contributed by atoms with van der Waals surface area (Å²) in [6, 6.07) is 5.54. The number of fused-ring (bicyclic) bond motifs is 1. The van der Waals surface area contributed by atoms with Crippen molar-refractivity contribution in [2.24, 2.45) is 0 Å². The predicted molar refractivity (Wildman–Crippen MR) is 69.8 cm³/mol. The zero-order valence-corrected chi connectivity index (χ0v) is 11.0. The van der Waals surface area contributed by atoms with Gasteiger partial charge >= 0.3 is 0 Å². The molecule has 3 nitrogen and oxygen atoms in total. The number of nitrogens with zero attached hydrogens (tertiary/aromatic N) is 1. The standard InChI is InChI=1S/C13H15NO2S/c1-4-14-11-6-5-10(8(2)15)7-12(11)17-9(3)13(14)16/h5-7,9H,4H2,1-3H3. The molecule has 0 N–H and O–H groups in total. The van der Waals surface area contributed by atoms with Crippen LogP contribution < -0.4 is 4.90 Å². The van der Waals surface area contributed by atoms with Crippen molar-refractivity contribution in [1.82, 2.24) is 0 Å². The van der Waals surface area contributed by atoms with E-state index in [2.05, 4.69) is 0 Å². The molecule has 1 aromatic carbocycles. The molecule has 0 fully saturated rings. The maximum Gasteiger partial charge on any atom is 0.240 e. The van der Waals surface area contributed by atoms with Crippen LogP contribution in [0.3, 0.4) is 0 Å². The number of thioether (sulfide) groups is 1. The molecule has 0 aliphatic carbocycles. The summed E-state index contributed by atoms with van der Waals surface area (Å²) in [5, 5.41) is -0.0790. The highest BCUT2D eigenvalue weighted by Gasteiger charge is 2.29. The molecule has 1 unspecified atom stereocenters. The maximum atomic E-state index is 12.0. The first kappa shape index (κ1) is 12.2. The molecule has 0 saturated carbocycles. The van der Waals surface area contributed by atoms with Crippen LogP contribution in [0.5, 0.6) is 0 Å². The number of hydrogen-bond donors (Lipinski definition) is 0. The largest absolute Gasteiger partial charge is 0.311 e. The van der Waals surface area contributed by atoms with E-state index in [9.17, 15) is 9.59 Å². The van der Waals surface area contributed by atoms with Crippen molar-refractivity contribution < 1.29 is 9.59 Å². The van der Waals surface area contributed by atoms with Gasteiger partial charge in [0, 0.05) is 17.0 Å². The van der Waals surface area contributed by atoms with Gasteiger partial charge in [0.2, 0.25) is 5.91 Å². The molecule has 4 heteroatoms. The number of benzene rings is 1. The van der Waals surface area contributed by atoms with E-state index < -0.39 is 0 Å². The van der Waals surface area contributed by atoms with Gasteiger partial charge in [-0.3, -0.25) is 9.59 Å². The van der Waals surface area contributed by atoms with E-state index in [1.807, 2.05) is 26.0 Å². The van der Waals surface area contributed by atoms with Crippen LogP contribution in [0.25, 0.3) is 0 Å². The van der Waals surface area contributed by atoms with Crippen LogP contribution in [-0.4, -0.2) is 23.5 Å². The van der Waals surface area contributed by atoms with Crippen LogP contribution in [-0.2, 0) is 4.79 Å². The summed E-state index contributed by atoms with van der Waals surface area (Å²) in [5.41, 5.74) is 1.62. The lowest BCUT2D eigenvalue weighted by Gasteiger charge is -2.31. The smallest absolute Gasteiger partial charge is 0.240 e. The normalized spacial score (nSPS) is 19.1. The molecule has 1 aromatic rings. The van der Waals surface area contributed by atoms with E-state index in [0.717, 1.165) is 10.6 Å². The van der Waals surface area contributed by atoms with Crippen LogP contribution in [0.4, 0.5) is 5.69 Å². The Morgan fingerprint density at radius 3 is 2.76 bits per heavy atom. The first-order valence-corrected chi connectivity index (χ1v) is 6.55. The van der Waals surface area contributed by atoms with Crippen molar-refractivity contribution in [3.05, 3.63) is 23.8 Å². The van der Waals surface area contributed by atoms with Crippen LogP contribution in [0, 0.1) is 0 Å². The highest BCUT2D eigenvalue weighted by molar-refractivity contribution is 8.01. The fraction of sp³-hybridized carbons (Fsp3) is 0.385. The van der Waals surface area contributed by atoms with Crippen LogP contribution in [0.2, 0.25) is 0 Å². The second-order valence-corrected chi connectivity index (χ2v) is 5.46. The minimum atomic E-state index is -0.0790. The number of amides is 1. The lowest BCUT2D eigenvalue weighted by molar-refractivity contribution is -0.117. The van der Waals surface area contributed by atoms with E-state index in [4.69, 9.17) is 0 Å². The number of carbonyl (C=O) groups excluding carboxylic acids is 2. The zero-order valence-electron chi connectivity index (χ0n) is 10.2. The topological polar surface area (TPSA) is 37.4 Å². The Morgan fingerprint density at radius 2 is 2.18 bits per heavy atom. The molecule has 90 valence electrons. The number of Topliss-reactive ketones (excluding diaryl/α,β-unsaturated/α-hetero) is 1. The van der Waals surface area contributed by atoms with Crippen molar-refractivity contribution in [2.45, 2.75) is 30.9 Å². The number of ketones is 1. The van der Waals surface area contributed by atoms with Gasteiger partial charge < -0.3 is 4.90 Å². The van der Waals surface area contributed by atoms with E-state index in [0.29, 0.717) is 12.1 Å². The van der Waals surface area contributed by atoms with Crippen molar-refractivity contribution >= 4 is 29.1 Å². The summed E-state index contributed by atoms with van der Waals surface area (Å²) in [6.45, 7) is 6.08. The first-order chi connectivity index (χ1) is 8.04. The van der Waals surface area contributed by atoms with E-state index in [1.54, 1.807) is 17.9 Å². The summed E-state index contributed by atoms with van der Waals surface area (Å²) < 4.78 is 0. The monoisotopic (exact) mass is 249 g/mol. The second-order valence-electron chi connectivity index (χ2n) is 4.08. The Balaban J connectivity index is 2.49. The molecule has 1 atom stereocenters. The number of rotatable bonds is 2. The maximum absolute atomic E-state index is 12.0. The Labute approximate surface area is 105 Å². The molecule has 2 rings (SSSR count). The minimum Gasteiger partial charge on any atom is -0.311 e. The van der Waals surface area contributed by atoms with E-state index in [-0.39, 0.29) is 16.9 Å². The van der Waals surface area contributed by atoms with Crippen molar-refractivity contribution in [3.63, 3.8) is 0 Å². The molecule has 0 radical (unpaired) electrons. The Morgan fingerprint density at radius 1 is 1.47 bits per heavy atom. The summed E-state index contributed by atoms with van der Waals surface area (Å²) in [7, 11) is 0. The summed E-state index contributed by atoms with van der Waals surface area (Å²) in [5.74, 6) is 0.196. The molecule has 0 aromatic heterocycles. The van der Waals surface area contributed by atoms with Crippen LogP contribution in [0.1, 0.15) is 31.1 Å². The van der Waals surface area contributed by atoms with Crippen molar-refractivity contribution in [3.8, 4) is 0 Å². The Kier molecular flexibility index (Phi) is 3.24. The van der Waals surface area contributed by atoms with Gasteiger partial charge in [0.15, 0.2) is 5.78 Å².